The molecule has 0 spiro atoms. The van der Waals surface area contributed by atoms with Gasteiger partial charge in [-0.2, -0.15) is 0 Å². The van der Waals surface area contributed by atoms with E-state index >= 15 is 0 Å². The number of amides is 1. The van der Waals surface area contributed by atoms with E-state index in [4.69, 9.17) is 0 Å². The third-order valence-electron chi connectivity index (χ3n) is 3.16. The van der Waals surface area contributed by atoms with Crippen LogP contribution in [0.2, 0.25) is 0 Å². The quantitative estimate of drug-likeness (QED) is 0.837. The van der Waals surface area contributed by atoms with Gasteiger partial charge in [0.25, 0.3) is 5.91 Å². The molecule has 0 saturated heterocycles. The first kappa shape index (κ1) is 12.1. The number of aromatic amines is 1. The summed E-state index contributed by atoms with van der Waals surface area (Å²) < 4.78 is 0. The monoisotopic (exact) mass is 236 g/mol. The molecule has 1 aromatic heterocycles. The first-order valence-electron chi connectivity index (χ1n) is 6.51. The van der Waals surface area contributed by atoms with Crippen LogP contribution in [0.1, 0.15) is 61.9 Å². The molecule has 1 aromatic rings. The smallest absolute Gasteiger partial charge is 0.291 e. The average Bonchev–Trinajstić information content (AvgIpc) is 2.79. The molecule has 0 atom stereocenters. The molecule has 5 nitrogen and oxygen atoms in total. The van der Waals surface area contributed by atoms with E-state index in [1.54, 1.807) is 0 Å². The van der Waals surface area contributed by atoms with Crippen LogP contribution in [0, 0.1) is 0 Å². The largest absolute Gasteiger partial charge is 0.347 e. The van der Waals surface area contributed by atoms with Crippen LogP contribution in [0.15, 0.2) is 0 Å². The first-order valence-corrected chi connectivity index (χ1v) is 6.51. The van der Waals surface area contributed by atoms with Gasteiger partial charge in [-0.3, -0.25) is 9.89 Å². The summed E-state index contributed by atoms with van der Waals surface area (Å²) in [4.78, 5) is 16.1. The highest BCUT2D eigenvalue weighted by Gasteiger charge is 2.19. The number of aryl methyl sites for hydroxylation is 1. The zero-order valence-electron chi connectivity index (χ0n) is 10.3. The highest BCUT2D eigenvalue weighted by molar-refractivity contribution is 5.90. The van der Waals surface area contributed by atoms with Crippen molar-refractivity contribution in [2.24, 2.45) is 0 Å². The van der Waals surface area contributed by atoms with Gasteiger partial charge in [-0.15, -0.1) is 5.10 Å². The Labute approximate surface area is 101 Å². The van der Waals surface area contributed by atoms with Gasteiger partial charge in [-0.1, -0.05) is 26.2 Å². The van der Waals surface area contributed by atoms with Gasteiger partial charge in [0.2, 0.25) is 5.82 Å². The van der Waals surface area contributed by atoms with E-state index < -0.39 is 0 Å². The summed E-state index contributed by atoms with van der Waals surface area (Å²) in [6.07, 6.45) is 7.70. The molecule has 1 heterocycles. The van der Waals surface area contributed by atoms with Crippen molar-refractivity contribution in [2.75, 3.05) is 0 Å². The van der Waals surface area contributed by atoms with Crippen LogP contribution >= 0.6 is 0 Å². The van der Waals surface area contributed by atoms with Crippen LogP contribution in [0.4, 0.5) is 0 Å². The van der Waals surface area contributed by atoms with E-state index in [0.29, 0.717) is 6.04 Å². The number of aromatic nitrogens is 3. The van der Waals surface area contributed by atoms with Crippen molar-refractivity contribution in [2.45, 2.75) is 57.9 Å². The lowest BCUT2D eigenvalue weighted by Gasteiger charge is -2.21. The summed E-state index contributed by atoms with van der Waals surface area (Å²) in [6.45, 7) is 2.07. The molecular formula is C12H20N4O. The Hall–Kier alpha value is -1.39. The van der Waals surface area contributed by atoms with Crippen molar-refractivity contribution in [1.82, 2.24) is 20.5 Å². The zero-order chi connectivity index (χ0) is 12.1. The molecule has 0 radical (unpaired) electrons. The Bertz CT molecular complexity index is 368. The number of hydrogen-bond donors (Lipinski definition) is 2. The number of nitrogens with zero attached hydrogens (tertiary/aromatic N) is 2. The highest BCUT2D eigenvalue weighted by atomic mass is 16.2. The van der Waals surface area contributed by atoms with Crippen LogP contribution in [0.5, 0.6) is 0 Å². The minimum atomic E-state index is -0.143. The van der Waals surface area contributed by atoms with Gasteiger partial charge in [0.05, 0.1) is 0 Å². The predicted octanol–water partition coefficient (Wildman–Crippen LogP) is 1.82. The fourth-order valence-electron chi connectivity index (χ4n) is 2.24. The number of H-pyrrole nitrogens is 1. The van der Waals surface area contributed by atoms with Crippen LogP contribution in [-0.4, -0.2) is 27.1 Å². The zero-order valence-corrected chi connectivity index (χ0v) is 10.3. The van der Waals surface area contributed by atoms with E-state index in [-0.39, 0.29) is 11.7 Å². The third-order valence-corrected chi connectivity index (χ3v) is 3.16. The molecular weight excluding hydrogens is 216 g/mol. The van der Waals surface area contributed by atoms with Gasteiger partial charge in [-0.25, -0.2) is 4.98 Å². The third kappa shape index (κ3) is 3.28. The standard InChI is InChI=1S/C12H20N4O/c1-2-6-10-14-11(16-15-10)12(17)13-9-7-4-3-5-8-9/h9H,2-8H2,1H3,(H,13,17)(H,14,15,16). The Morgan fingerprint density at radius 1 is 1.41 bits per heavy atom. The molecule has 94 valence electrons. The van der Waals surface area contributed by atoms with Gasteiger partial charge < -0.3 is 5.32 Å². The molecule has 1 aliphatic rings. The van der Waals surface area contributed by atoms with Gasteiger partial charge in [-0.05, 0) is 19.3 Å². The second kappa shape index (κ2) is 5.80. The van der Waals surface area contributed by atoms with Gasteiger partial charge in [0, 0.05) is 12.5 Å². The molecule has 1 amide bonds. The molecule has 1 saturated carbocycles. The lowest BCUT2D eigenvalue weighted by Crippen LogP contribution is -2.36. The minimum Gasteiger partial charge on any atom is -0.347 e. The average molecular weight is 236 g/mol. The molecule has 17 heavy (non-hydrogen) atoms. The number of hydrogen-bond acceptors (Lipinski definition) is 3. The van der Waals surface area contributed by atoms with E-state index in [2.05, 4.69) is 27.4 Å². The molecule has 0 unspecified atom stereocenters. The number of carbonyl (C=O) groups excluding carboxylic acids is 1. The van der Waals surface area contributed by atoms with E-state index in [9.17, 15) is 4.79 Å². The predicted molar refractivity (Wildman–Crippen MR) is 64.7 cm³/mol. The topological polar surface area (TPSA) is 70.7 Å². The molecule has 0 aromatic carbocycles. The SMILES string of the molecule is CCCc1nc(C(=O)NC2CCCCC2)n[nH]1. The summed E-state index contributed by atoms with van der Waals surface area (Å²) in [7, 11) is 0. The normalized spacial score (nSPS) is 17.0. The number of carbonyl (C=O) groups is 1. The summed E-state index contributed by atoms with van der Waals surface area (Å²) in [6, 6.07) is 0.310. The molecule has 1 fully saturated rings. The second-order valence-corrected chi connectivity index (χ2v) is 4.66. The first-order chi connectivity index (χ1) is 8.29. The Balaban J connectivity index is 1.89. The van der Waals surface area contributed by atoms with Crippen LogP contribution in [0.3, 0.4) is 0 Å². The van der Waals surface area contributed by atoms with Gasteiger partial charge >= 0.3 is 0 Å². The Morgan fingerprint density at radius 3 is 2.88 bits per heavy atom. The maximum absolute atomic E-state index is 11.9. The maximum Gasteiger partial charge on any atom is 0.291 e. The van der Waals surface area contributed by atoms with Crippen molar-refractivity contribution < 1.29 is 4.79 Å². The van der Waals surface area contributed by atoms with Crippen molar-refractivity contribution in [3.8, 4) is 0 Å². The van der Waals surface area contributed by atoms with E-state index in [0.717, 1.165) is 31.5 Å². The molecule has 2 N–H and O–H groups in total. The van der Waals surface area contributed by atoms with Crippen molar-refractivity contribution in [3.63, 3.8) is 0 Å². The summed E-state index contributed by atoms with van der Waals surface area (Å²) in [5, 5.41) is 9.76. The Kier molecular flexibility index (Phi) is 4.12. The van der Waals surface area contributed by atoms with Crippen molar-refractivity contribution >= 4 is 5.91 Å². The summed E-state index contributed by atoms with van der Waals surface area (Å²) in [5.74, 6) is 0.927. The van der Waals surface area contributed by atoms with Crippen molar-refractivity contribution in [3.05, 3.63) is 11.6 Å². The lowest BCUT2D eigenvalue weighted by atomic mass is 9.95. The van der Waals surface area contributed by atoms with Crippen LogP contribution in [-0.2, 0) is 6.42 Å². The van der Waals surface area contributed by atoms with Gasteiger partial charge in [0.1, 0.15) is 5.82 Å². The van der Waals surface area contributed by atoms with E-state index in [1.165, 1.54) is 19.3 Å². The fourth-order valence-corrected chi connectivity index (χ4v) is 2.24. The lowest BCUT2D eigenvalue weighted by molar-refractivity contribution is 0.0917. The van der Waals surface area contributed by atoms with Crippen molar-refractivity contribution in [1.29, 1.82) is 0 Å². The fraction of sp³-hybridized carbons (Fsp3) is 0.750. The molecule has 2 rings (SSSR count). The molecule has 1 aliphatic carbocycles. The van der Waals surface area contributed by atoms with Gasteiger partial charge in [0.15, 0.2) is 0 Å². The number of rotatable bonds is 4. The van der Waals surface area contributed by atoms with Crippen LogP contribution in [0.25, 0.3) is 0 Å². The Morgan fingerprint density at radius 2 is 2.18 bits per heavy atom. The maximum atomic E-state index is 11.9. The number of nitrogens with one attached hydrogen (secondary N) is 2. The van der Waals surface area contributed by atoms with E-state index in [1.807, 2.05) is 0 Å². The van der Waals surface area contributed by atoms with Crippen LogP contribution < -0.4 is 5.32 Å². The summed E-state index contributed by atoms with van der Waals surface area (Å²) in [5.41, 5.74) is 0. The minimum absolute atomic E-state index is 0.143. The highest BCUT2D eigenvalue weighted by Crippen LogP contribution is 2.17. The molecule has 0 bridgehead atoms. The summed E-state index contributed by atoms with van der Waals surface area (Å²) >= 11 is 0. The molecule has 0 aliphatic heterocycles. The molecule has 5 heteroatoms. The second-order valence-electron chi connectivity index (χ2n) is 4.66.